The van der Waals surface area contributed by atoms with Crippen molar-refractivity contribution in [3.63, 3.8) is 0 Å². The third kappa shape index (κ3) is 6.09. The molecule has 0 aromatic carbocycles. The molecule has 0 radical (unpaired) electrons. The Morgan fingerprint density at radius 1 is 1.33 bits per heavy atom. The lowest BCUT2D eigenvalue weighted by Gasteiger charge is -2.10. The minimum Gasteiger partial charge on any atom is -0.477 e. The average Bonchev–Trinajstić information content (AvgIpc) is 3.29. The van der Waals surface area contributed by atoms with Crippen LogP contribution in [-0.4, -0.2) is 43.4 Å². The van der Waals surface area contributed by atoms with Gasteiger partial charge >= 0.3 is 0 Å². The summed E-state index contributed by atoms with van der Waals surface area (Å²) in [7, 11) is 0. The number of carbonyl (C=O) groups is 1. The number of amides is 1. The fourth-order valence-electron chi connectivity index (χ4n) is 2.57. The molecule has 1 saturated carbocycles. The van der Waals surface area contributed by atoms with Gasteiger partial charge in [0.1, 0.15) is 0 Å². The normalized spacial score (nSPS) is 20.1. The van der Waals surface area contributed by atoms with Gasteiger partial charge in [0.25, 0.3) is 0 Å². The van der Waals surface area contributed by atoms with Crippen LogP contribution < -0.4 is 10.1 Å². The van der Waals surface area contributed by atoms with Crippen molar-refractivity contribution in [1.29, 1.82) is 0 Å². The quantitative estimate of drug-likeness (QED) is 0.663. The Hall–Kier alpha value is -1.66. The molecule has 132 valence electrons. The summed E-state index contributed by atoms with van der Waals surface area (Å²) in [5, 5.41) is 2.90. The summed E-state index contributed by atoms with van der Waals surface area (Å²) in [6, 6.07) is 3.77. The maximum Gasteiger partial charge on any atom is 0.222 e. The molecule has 1 saturated heterocycles. The molecule has 24 heavy (non-hydrogen) atoms. The van der Waals surface area contributed by atoms with E-state index in [1.54, 1.807) is 6.20 Å². The van der Waals surface area contributed by atoms with E-state index in [0.29, 0.717) is 38.0 Å². The molecule has 0 spiro atoms. The van der Waals surface area contributed by atoms with Crippen LogP contribution in [0.2, 0.25) is 0 Å². The number of ether oxygens (including phenoxy) is 3. The van der Waals surface area contributed by atoms with Crippen molar-refractivity contribution in [2.75, 3.05) is 26.4 Å². The smallest absolute Gasteiger partial charge is 0.222 e. The van der Waals surface area contributed by atoms with Crippen molar-refractivity contribution in [1.82, 2.24) is 10.3 Å². The molecule has 1 N–H and O–H groups in total. The van der Waals surface area contributed by atoms with Gasteiger partial charge in [-0.15, -0.1) is 0 Å². The zero-order chi connectivity index (χ0) is 16.6. The van der Waals surface area contributed by atoms with Crippen LogP contribution >= 0.6 is 0 Å². The van der Waals surface area contributed by atoms with Crippen LogP contribution in [0.4, 0.5) is 0 Å². The van der Waals surface area contributed by atoms with E-state index < -0.39 is 0 Å². The van der Waals surface area contributed by atoms with Crippen molar-refractivity contribution in [3.05, 3.63) is 23.9 Å². The van der Waals surface area contributed by atoms with Crippen LogP contribution in [0, 0.1) is 5.92 Å². The van der Waals surface area contributed by atoms with Gasteiger partial charge in [-0.25, -0.2) is 4.98 Å². The van der Waals surface area contributed by atoms with Crippen molar-refractivity contribution in [2.24, 2.45) is 5.92 Å². The Bertz CT molecular complexity index is 528. The Morgan fingerprint density at radius 2 is 2.25 bits per heavy atom. The summed E-state index contributed by atoms with van der Waals surface area (Å²) in [4.78, 5) is 16.0. The van der Waals surface area contributed by atoms with Crippen LogP contribution in [0.5, 0.6) is 5.88 Å². The van der Waals surface area contributed by atoms with Crippen molar-refractivity contribution < 1.29 is 19.0 Å². The van der Waals surface area contributed by atoms with E-state index in [0.717, 1.165) is 31.6 Å². The van der Waals surface area contributed by atoms with Gasteiger partial charge in [-0.3, -0.25) is 4.79 Å². The van der Waals surface area contributed by atoms with Crippen molar-refractivity contribution >= 4 is 5.91 Å². The van der Waals surface area contributed by atoms with Gasteiger partial charge in [0.2, 0.25) is 11.8 Å². The second kappa shape index (κ2) is 8.99. The van der Waals surface area contributed by atoms with Gasteiger partial charge in [0.15, 0.2) is 0 Å². The van der Waals surface area contributed by atoms with E-state index in [9.17, 15) is 4.79 Å². The van der Waals surface area contributed by atoms with E-state index in [-0.39, 0.29) is 12.0 Å². The van der Waals surface area contributed by atoms with E-state index in [4.69, 9.17) is 14.2 Å². The first-order valence-electron chi connectivity index (χ1n) is 8.83. The predicted molar refractivity (Wildman–Crippen MR) is 88.7 cm³/mol. The number of pyridine rings is 1. The standard InChI is InChI=1S/C18H26N2O4/c21-17(6-9-22-13-16-2-1-8-23-16)20-11-15-5-7-19-18(10-15)24-12-14-3-4-14/h5,7,10,14,16H,1-4,6,8-9,11-13H2,(H,20,21). The topological polar surface area (TPSA) is 69.7 Å². The summed E-state index contributed by atoms with van der Waals surface area (Å²) in [5.74, 6) is 1.32. The number of rotatable bonds is 10. The van der Waals surface area contributed by atoms with E-state index in [1.807, 2.05) is 12.1 Å². The molecular weight excluding hydrogens is 308 g/mol. The lowest BCUT2D eigenvalue weighted by Crippen LogP contribution is -2.24. The predicted octanol–water partition coefficient (Wildman–Crippen LogP) is 2.07. The molecule has 2 aliphatic rings. The molecule has 2 fully saturated rings. The number of carbonyl (C=O) groups excluding carboxylic acids is 1. The van der Waals surface area contributed by atoms with E-state index in [2.05, 4.69) is 10.3 Å². The molecule has 1 aliphatic heterocycles. The minimum absolute atomic E-state index is 0.0143. The number of hydrogen-bond acceptors (Lipinski definition) is 5. The average molecular weight is 334 g/mol. The van der Waals surface area contributed by atoms with Crippen molar-refractivity contribution in [2.45, 2.75) is 44.8 Å². The highest BCUT2D eigenvalue weighted by molar-refractivity contribution is 5.75. The molecule has 2 heterocycles. The number of nitrogens with zero attached hydrogens (tertiary/aromatic N) is 1. The maximum atomic E-state index is 11.9. The SMILES string of the molecule is O=C(CCOCC1CCCO1)NCc1ccnc(OCC2CC2)c1. The Kier molecular flexibility index (Phi) is 6.43. The van der Waals surface area contributed by atoms with Crippen LogP contribution in [0.15, 0.2) is 18.3 Å². The fraction of sp³-hybridized carbons (Fsp3) is 0.667. The molecule has 6 nitrogen and oxygen atoms in total. The summed E-state index contributed by atoms with van der Waals surface area (Å²) in [6.45, 7) is 3.06. The maximum absolute atomic E-state index is 11.9. The van der Waals surface area contributed by atoms with Crippen LogP contribution in [0.1, 0.15) is 37.7 Å². The lowest BCUT2D eigenvalue weighted by atomic mass is 10.2. The lowest BCUT2D eigenvalue weighted by molar-refractivity contribution is -0.122. The Morgan fingerprint density at radius 3 is 3.04 bits per heavy atom. The second-order valence-electron chi connectivity index (χ2n) is 6.49. The Balaban J connectivity index is 1.29. The molecule has 1 atom stereocenters. The van der Waals surface area contributed by atoms with Crippen LogP contribution in [0.3, 0.4) is 0 Å². The first-order valence-corrected chi connectivity index (χ1v) is 8.83. The first-order chi connectivity index (χ1) is 11.8. The third-order valence-corrected chi connectivity index (χ3v) is 4.25. The number of hydrogen-bond donors (Lipinski definition) is 1. The summed E-state index contributed by atoms with van der Waals surface area (Å²) in [5.41, 5.74) is 0.990. The highest BCUT2D eigenvalue weighted by Crippen LogP contribution is 2.29. The highest BCUT2D eigenvalue weighted by atomic mass is 16.5. The Labute approximate surface area is 142 Å². The zero-order valence-electron chi connectivity index (χ0n) is 14.0. The number of nitrogens with one attached hydrogen (secondary N) is 1. The van der Waals surface area contributed by atoms with E-state index in [1.165, 1.54) is 12.8 Å². The molecule has 3 rings (SSSR count). The monoisotopic (exact) mass is 334 g/mol. The zero-order valence-corrected chi connectivity index (χ0v) is 14.0. The van der Waals surface area contributed by atoms with Gasteiger partial charge in [-0.05, 0) is 43.2 Å². The molecule has 1 aromatic rings. The molecule has 1 amide bonds. The van der Waals surface area contributed by atoms with Crippen molar-refractivity contribution in [3.8, 4) is 5.88 Å². The highest BCUT2D eigenvalue weighted by Gasteiger charge is 2.22. The van der Waals surface area contributed by atoms with Crippen LogP contribution in [-0.2, 0) is 20.8 Å². The van der Waals surface area contributed by atoms with Gasteiger partial charge in [-0.2, -0.15) is 0 Å². The van der Waals surface area contributed by atoms with Gasteiger partial charge in [0.05, 0.1) is 25.9 Å². The largest absolute Gasteiger partial charge is 0.477 e. The van der Waals surface area contributed by atoms with Gasteiger partial charge in [0, 0.05) is 31.8 Å². The summed E-state index contributed by atoms with van der Waals surface area (Å²) in [6.07, 6.45) is 6.96. The van der Waals surface area contributed by atoms with Crippen LogP contribution in [0.25, 0.3) is 0 Å². The molecule has 1 unspecified atom stereocenters. The molecular formula is C18H26N2O4. The number of aromatic nitrogens is 1. The molecule has 1 aromatic heterocycles. The van der Waals surface area contributed by atoms with Gasteiger partial charge in [-0.1, -0.05) is 0 Å². The second-order valence-corrected chi connectivity index (χ2v) is 6.49. The van der Waals surface area contributed by atoms with Gasteiger partial charge < -0.3 is 19.5 Å². The van der Waals surface area contributed by atoms with E-state index >= 15 is 0 Å². The molecule has 6 heteroatoms. The molecule has 1 aliphatic carbocycles. The summed E-state index contributed by atoms with van der Waals surface area (Å²) >= 11 is 0. The first kappa shape index (κ1) is 17.2. The minimum atomic E-state index is -0.0143. The third-order valence-electron chi connectivity index (χ3n) is 4.25. The summed E-state index contributed by atoms with van der Waals surface area (Å²) < 4.78 is 16.6. The fourth-order valence-corrected chi connectivity index (χ4v) is 2.57. The molecule has 0 bridgehead atoms.